The van der Waals surface area contributed by atoms with Gasteiger partial charge in [-0.2, -0.15) is 8.42 Å². The molecule has 3 aromatic heterocycles. The molecule has 0 atom stereocenters. The van der Waals surface area contributed by atoms with Gasteiger partial charge in [0.05, 0.1) is 35.2 Å². The maximum atomic E-state index is 13.0. The number of nitrogens with one attached hydrogen (secondary N) is 5. The average molecular weight is 465 g/mol. The summed E-state index contributed by atoms with van der Waals surface area (Å²) < 4.78 is 29.3. The van der Waals surface area contributed by atoms with Crippen LogP contribution in [0.25, 0.3) is 22.1 Å². The van der Waals surface area contributed by atoms with Crippen LogP contribution in [0.2, 0.25) is 0 Å². The zero-order valence-electron chi connectivity index (χ0n) is 17.2. The fourth-order valence-electron chi connectivity index (χ4n) is 3.21. The first-order valence-electron chi connectivity index (χ1n) is 10.0. The highest BCUT2D eigenvalue weighted by Crippen LogP contribution is 2.12. The molecule has 0 aliphatic heterocycles. The average Bonchev–Trinajstić information content (AvgIpc) is 3.42. The summed E-state index contributed by atoms with van der Waals surface area (Å²) in [7, 11) is -4.12. The lowest BCUT2D eigenvalue weighted by Crippen LogP contribution is -2.53. The Morgan fingerprint density at radius 1 is 0.758 bits per heavy atom. The minimum atomic E-state index is -4.12. The van der Waals surface area contributed by atoms with Crippen LogP contribution < -0.4 is 15.6 Å². The van der Waals surface area contributed by atoms with Gasteiger partial charge in [0.2, 0.25) is 5.95 Å². The van der Waals surface area contributed by atoms with Gasteiger partial charge in [-0.15, -0.1) is 0 Å². The lowest BCUT2D eigenvalue weighted by atomic mass is 10.3. The molecule has 0 unspecified atom stereocenters. The molecular weight excluding hydrogens is 444 g/mol. The second-order valence-electron chi connectivity index (χ2n) is 7.01. The molecule has 12 nitrogen and oxygen atoms in total. The monoisotopic (exact) mass is 464 g/mol. The van der Waals surface area contributed by atoms with E-state index < -0.39 is 10.2 Å². The van der Waals surface area contributed by atoms with Crippen LogP contribution >= 0.6 is 0 Å². The van der Waals surface area contributed by atoms with E-state index in [-0.39, 0.29) is 19.0 Å². The van der Waals surface area contributed by atoms with Gasteiger partial charge in [0, 0.05) is 12.4 Å². The molecule has 5 aromatic rings. The highest BCUT2D eigenvalue weighted by molar-refractivity contribution is 7.90. The molecule has 2 aromatic carbocycles. The number of para-hydroxylation sites is 4. The van der Waals surface area contributed by atoms with Crippen molar-refractivity contribution in [2.75, 3.05) is 4.72 Å². The Labute approximate surface area is 188 Å². The van der Waals surface area contributed by atoms with Gasteiger partial charge in [0.15, 0.2) is 0 Å². The number of fused-ring (bicyclic) bond motifs is 2. The topological polar surface area (TPSA) is 157 Å². The molecule has 3 heterocycles. The Bertz CT molecular complexity index is 1340. The molecule has 0 aliphatic rings. The molecule has 33 heavy (non-hydrogen) atoms. The van der Waals surface area contributed by atoms with Crippen molar-refractivity contribution in [3.05, 3.63) is 78.6 Å². The standard InChI is InChI=1S/C20H20N10O2S/c31-33(32,29-20-21-10-5-11-22-20)30(23-12-18-25-14-6-1-2-7-15(14)26-18)24-13-19-27-16-8-3-4-9-17(16)28-19/h1-11,23-24H,12-13H2,(H,25,26)(H,27,28)(H,21,22,29). The number of hydrogen-bond acceptors (Lipinski definition) is 8. The molecule has 0 aliphatic carbocycles. The fourth-order valence-corrected chi connectivity index (χ4v) is 4.11. The molecule has 0 amide bonds. The molecular formula is C20H20N10O2S. The number of aromatic amines is 2. The molecule has 0 fully saturated rings. The van der Waals surface area contributed by atoms with E-state index in [2.05, 4.69) is 45.5 Å². The lowest BCUT2D eigenvalue weighted by molar-refractivity contribution is 0.225. The van der Waals surface area contributed by atoms with Gasteiger partial charge in [-0.3, -0.25) is 0 Å². The number of H-pyrrole nitrogens is 2. The molecule has 5 rings (SSSR count). The van der Waals surface area contributed by atoms with E-state index in [9.17, 15) is 8.42 Å². The Morgan fingerprint density at radius 3 is 1.79 bits per heavy atom. The predicted molar refractivity (Wildman–Crippen MR) is 122 cm³/mol. The first-order chi connectivity index (χ1) is 16.1. The lowest BCUT2D eigenvalue weighted by Gasteiger charge is -2.22. The van der Waals surface area contributed by atoms with Gasteiger partial charge in [-0.05, 0) is 30.3 Å². The Balaban J connectivity index is 1.35. The van der Waals surface area contributed by atoms with Gasteiger partial charge in [0.1, 0.15) is 11.6 Å². The minimum Gasteiger partial charge on any atom is -0.341 e. The quantitative estimate of drug-likeness (QED) is 0.206. The van der Waals surface area contributed by atoms with E-state index in [1.54, 1.807) is 6.07 Å². The van der Waals surface area contributed by atoms with Gasteiger partial charge >= 0.3 is 10.2 Å². The van der Waals surface area contributed by atoms with Crippen LogP contribution in [-0.2, 0) is 23.3 Å². The second-order valence-corrected chi connectivity index (χ2v) is 8.53. The first-order valence-corrected chi connectivity index (χ1v) is 11.5. The van der Waals surface area contributed by atoms with Crippen LogP contribution in [0.4, 0.5) is 5.95 Å². The summed E-state index contributed by atoms with van der Waals surface area (Å²) in [6.45, 7) is 0.219. The van der Waals surface area contributed by atoms with Crippen molar-refractivity contribution in [3.63, 3.8) is 0 Å². The summed E-state index contributed by atoms with van der Waals surface area (Å²) in [5.74, 6) is 1.08. The summed E-state index contributed by atoms with van der Waals surface area (Å²) in [5, 5.41) is 0. The van der Waals surface area contributed by atoms with E-state index in [1.165, 1.54) is 12.4 Å². The number of aromatic nitrogens is 6. The maximum Gasteiger partial charge on any atom is 0.330 e. The highest BCUT2D eigenvalue weighted by Gasteiger charge is 2.24. The zero-order chi connectivity index (χ0) is 22.7. The van der Waals surface area contributed by atoms with E-state index in [1.807, 2.05) is 48.5 Å². The van der Waals surface area contributed by atoms with Crippen LogP contribution in [-0.4, -0.2) is 42.8 Å². The molecule has 0 spiro atoms. The maximum absolute atomic E-state index is 13.0. The van der Waals surface area contributed by atoms with Gasteiger partial charge in [-0.25, -0.2) is 35.5 Å². The number of hydrazine groups is 2. The third-order valence-electron chi connectivity index (χ3n) is 4.68. The number of rotatable bonds is 9. The third-order valence-corrected chi connectivity index (χ3v) is 5.86. The first kappa shape index (κ1) is 21.0. The molecule has 5 N–H and O–H groups in total. The summed E-state index contributed by atoms with van der Waals surface area (Å²) in [4.78, 5) is 23.1. The molecule has 0 saturated heterocycles. The molecule has 0 radical (unpaired) electrons. The van der Waals surface area contributed by atoms with Crippen LogP contribution in [0.1, 0.15) is 11.6 Å². The Morgan fingerprint density at radius 2 is 1.27 bits per heavy atom. The molecule has 0 bridgehead atoms. The van der Waals surface area contributed by atoms with Crippen LogP contribution in [0.5, 0.6) is 0 Å². The zero-order valence-corrected chi connectivity index (χ0v) is 18.0. The third kappa shape index (κ3) is 4.80. The molecule has 0 saturated carbocycles. The van der Waals surface area contributed by atoms with E-state index in [0.717, 1.165) is 26.6 Å². The summed E-state index contributed by atoms with van der Waals surface area (Å²) in [6, 6.07) is 16.7. The number of benzene rings is 2. The molecule has 13 heteroatoms. The van der Waals surface area contributed by atoms with Crippen LogP contribution in [0, 0.1) is 0 Å². The Hall–Kier alpha value is -3.91. The number of nitrogens with zero attached hydrogens (tertiary/aromatic N) is 5. The largest absolute Gasteiger partial charge is 0.341 e. The van der Waals surface area contributed by atoms with E-state index in [0.29, 0.717) is 11.6 Å². The van der Waals surface area contributed by atoms with Crippen molar-refractivity contribution < 1.29 is 8.42 Å². The predicted octanol–water partition coefficient (Wildman–Crippen LogP) is 1.60. The smallest absolute Gasteiger partial charge is 0.330 e. The second kappa shape index (κ2) is 8.91. The summed E-state index contributed by atoms with van der Waals surface area (Å²) >= 11 is 0. The normalized spacial score (nSPS) is 12.0. The number of hydrogen-bond donors (Lipinski definition) is 5. The van der Waals surface area contributed by atoms with E-state index in [4.69, 9.17) is 0 Å². The SMILES string of the molecule is O=S(=O)(Nc1ncccn1)N(NCc1nc2ccccc2[nH]1)NCc1nc2ccccc2[nH]1. The van der Waals surface area contributed by atoms with Crippen molar-refractivity contribution >= 4 is 38.2 Å². The van der Waals surface area contributed by atoms with Gasteiger partial charge in [-0.1, -0.05) is 28.8 Å². The van der Waals surface area contributed by atoms with Gasteiger partial charge < -0.3 is 9.97 Å². The van der Waals surface area contributed by atoms with Crippen molar-refractivity contribution in [2.24, 2.45) is 0 Å². The highest BCUT2D eigenvalue weighted by atomic mass is 32.2. The Kier molecular flexibility index (Phi) is 5.66. The number of imidazole rings is 2. The summed E-state index contributed by atoms with van der Waals surface area (Å²) in [5.41, 5.74) is 8.97. The van der Waals surface area contributed by atoms with Crippen molar-refractivity contribution in [3.8, 4) is 0 Å². The van der Waals surface area contributed by atoms with Crippen LogP contribution in [0.3, 0.4) is 0 Å². The van der Waals surface area contributed by atoms with Crippen molar-refractivity contribution in [1.29, 1.82) is 0 Å². The summed E-state index contributed by atoms with van der Waals surface area (Å²) in [6.07, 6.45) is 2.89. The van der Waals surface area contributed by atoms with E-state index >= 15 is 0 Å². The molecule has 168 valence electrons. The minimum absolute atomic E-state index is 0.0569. The van der Waals surface area contributed by atoms with Crippen molar-refractivity contribution in [1.82, 2.24) is 45.3 Å². The number of anilines is 1. The van der Waals surface area contributed by atoms with Crippen molar-refractivity contribution in [2.45, 2.75) is 13.1 Å². The van der Waals surface area contributed by atoms with Crippen LogP contribution in [0.15, 0.2) is 67.0 Å². The van der Waals surface area contributed by atoms with Gasteiger partial charge in [0.25, 0.3) is 0 Å². The fraction of sp³-hybridized carbons (Fsp3) is 0.100.